The van der Waals surface area contributed by atoms with Crippen LogP contribution < -0.4 is 10.1 Å². The fourth-order valence-corrected chi connectivity index (χ4v) is 3.86. The molecule has 2 aromatic rings. The number of fused-ring (bicyclic) bond motifs is 1. The predicted octanol–water partition coefficient (Wildman–Crippen LogP) is 2.08. The number of carbonyl (C=O) groups is 2. The first-order valence-corrected chi connectivity index (χ1v) is 11.4. The van der Waals surface area contributed by atoms with Gasteiger partial charge in [0.15, 0.2) is 0 Å². The van der Waals surface area contributed by atoms with Gasteiger partial charge in [0.1, 0.15) is 12.4 Å². The average Bonchev–Trinajstić information content (AvgIpc) is 2.87. The van der Waals surface area contributed by atoms with Crippen molar-refractivity contribution in [2.45, 2.75) is 12.8 Å². The first-order chi connectivity index (χ1) is 16.6. The third-order valence-corrected chi connectivity index (χ3v) is 5.64. The number of aliphatic hydroxyl groups is 1. The number of hydrazone groups is 1. The van der Waals surface area contributed by atoms with E-state index in [1.807, 2.05) is 29.3 Å². The minimum atomic E-state index is -0.353. The summed E-state index contributed by atoms with van der Waals surface area (Å²) in [4.78, 5) is 24.6. The van der Waals surface area contributed by atoms with Crippen LogP contribution in [0.4, 0.5) is 5.69 Å². The van der Waals surface area contributed by atoms with Crippen LogP contribution in [0.1, 0.15) is 27.9 Å². The van der Waals surface area contributed by atoms with Crippen LogP contribution in [0.25, 0.3) is 0 Å². The third-order valence-electron chi connectivity index (χ3n) is 5.64. The molecule has 1 fully saturated rings. The second-order valence-electron chi connectivity index (χ2n) is 8.24. The Morgan fingerprint density at radius 1 is 1.18 bits per heavy atom. The van der Waals surface area contributed by atoms with Gasteiger partial charge in [-0.1, -0.05) is 12.1 Å². The van der Waals surface area contributed by atoms with E-state index in [9.17, 15) is 9.59 Å². The van der Waals surface area contributed by atoms with Gasteiger partial charge in [0, 0.05) is 17.2 Å². The highest BCUT2D eigenvalue weighted by Crippen LogP contribution is 2.31. The number of aliphatic hydroxyl groups excluding tert-OH is 1. The second kappa shape index (κ2) is 11.6. The Bertz CT molecular complexity index is 1020. The summed E-state index contributed by atoms with van der Waals surface area (Å²) >= 11 is 0. The SMILES string of the molecule is O=C(CC1COc2ccc(NC(=O)c3ccc(C=NN4CCOCC4)cc3)cc2C1)OCCO. The van der Waals surface area contributed by atoms with Crippen molar-refractivity contribution in [3.05, 3.63) is 59.2 Å². The number of esters is 1. The smallest absolute Gasteiger partial charge is 0.306 e. The largest absolute Gasteiger partial charge is 0.493 e. The zero-order valence-corrected chi connectivity index (χ0v) is 18.9. The molecule has 2 aromatic carbocycles. The van der Waals surface area contributed by atoms with E-state index >= 15 is 0 Å². The molecule has 0 radical (unpaired) electrons. The molecule has 1 amide bonds. The van der Waals surface area contributed by atoms with Crippen LogP contribution in [0.15, 0.2) is 47.6 Å². The number of rotatable bonds is 8. The molecule has 2 aliphatic rings. The number of nitrogens with one attached hydrogen (secondary N) is 1. The normalized spacial score (nSPS) is 17.7. The Labute approximate surface area is 198 Å². The molecule has 9 nitrogen and oxygen atoms in total. The molecule has 0 aromatic heterocycles. The second-order valence-corrected chi connectivity index (χ2v) is 8.24. The summed E-state index contributed by atoms with van der Waals surface area (Å²) in [6, 6.07) is 12.8. The molecule has 0 aliphatic carbocycles. The quantitative estimate of drug-likeness (QED) is 0.452. The van der Waals surface area contributed by atoms with E-state index < -0.39 is 0 Å². The van der Waals surface area contributed by atoms with Crippen LogP contribution in [0.3, 0.4) is 0 Å². The Balaban J connectivity index is 1.33. The fourth-order valence-electron chi connectivity index (χ4n) is 3.86. The van der Waals surface area contributed by atoms with Gasteiger partial charge in [-0.15, -0.1) is 0 Å². The predicted molar refractivity (Wildman–Crippen MR) is 126 cm³/mol. The van der Waals surface area contributed by atoms with E-state index in [-0.39, 0.29) is 37.4 Å². The minimum absolute atomic E-state index is 0.000822. The van der Waals surface area contributed by atoms with Crippen molar-refractivity contribution in [2.24, 2.45) is 11.0 Å². The standard InChI is InChI=1S/C25H29N3O6/c29-9-12-33-24(30)14-19-13-21-15-22(5-6-23(21)34-17-19)27-25(31)20-3-1-18(2-4-20)16-26-28-7-10-32-11-8-28/h1-6,15-16,19,29H,7-14,17H2,(H,27,31). The van der Waals surface area contributed by atoms with Crippen molar-refractivity contribution in [1.82, 2.24) is 5.01 Å². The summed E-state index contributed by atoms with van der Waals surface area (Å²) in [6.45, 7) is 3.15. The average molecular weight is 468 g/mol. The Morgan fingerprint density at radius 3 is 2.74 bits per heavy atom. The van der Waals surface area contributed by atoms with Gasteiger partial charge >= 0.3 is 5.97 Å². The first kappa shape index (κ1) is 23.7. The van der Waals surface area contributed by atoms with Gasteiger partial charge in [-0.3, -0.25) is 14.6 Å². The highest BCUT2D eigenvalue weighted by Gasteiger charge is 2.23. The highest BCUT2D eigenvalue weighted by molar-refractivity contribution is 6.04. The van der Waals surface area contributed by atoms with Gasteiger partial charge in [-0.25, -0.2) is 0 Å². The molecule has 34 heavy (non-hydrogen) atoms. The molecule has 0 bridgehead atoms. The number of hydrogen-bond donors (Lipinski definition) is 2. The number of morpholine rings is 1. The molecule has 1 atom stereocenters. The van der Waals surface area contributed by atoms with E-state index in [2.05, 4.69) is 10.4 Å². The van der Waals surface area contributed by atoms with Crippen LogP contribution in [0.2, 0.25) is 0 Å². The van der Waals surface area contributed by atoms with Crippen molar-refractivity contribution >= 4 is 23.8 Å². The van der Waals surface area contributed by atoms with Gasteiger partial charge in [-0.2, -0.15) is 5.10 Å². The van der Waals surface area contributed by atoms with Crippen molar-refractivity contribution in [2.75, 3.05) is 51.4 Å². The fraction of sp³-hybridized carbons (Fsp3) is 0.400. The van der Waals surface area contributed by atoms with Gasteiger partial charge in [0.25, 0.3) is 5.91 Å². The Kier molecular flexibility index (Phi) is 8.11. The monoisotopic (exact) mass is 467 g/mol. The molecular weight excluding hydrogens is 438 g/mol. The molecule has 1 saturated heterocycles. The molecular formula is C25H29N3O6. The lowest BCUT2D eigenvalue weighted by Crippen LogP contribution is -2.32. The van der Waals surface area contributed by atoms with Gasteiger partial charge < -0.3 is 24.6 Å². The number of benzene rings is 2. The number of amides is 1. The molecule has 9 heteroatoms. The van der Waals surface area contributed by atoms with Gasteiger partial charge in [0.2, 0.25) is 0 Å². The Morgan fingerprint density at radius 2 is 1.97 bits per heavy atom. The maximum absolute atomic E-state index is 12.7. The maximum atomic E-state index is 12.7. The maximum Gasteiger partial charge on any atom is 0.306 e. The molecule has 4 rings (SSSR count). The lowest BCUT2D eigenvalue weighted by atomic mass is 9.93. The molecule has 2 heterocycles. The summed E-state index contributed by atoms with van der Waals surface area (Å²) in [5, 5.41) is 18.1. The number of carbonyl (C=O) groups excluding carboxylic acids is 2. The van der Waals surface area contributed by atoms with Crippen molar-refractivity contribution in [3.8, 4) is 5.75 Å². The summed E-state index contributed by atoms with van der Waals surface area (Å²) in [7, 11) is 0. The van der Waals surface area contributed by atoms with Crippen LogP contribution in [0, 0.1) is 5.92 Å². The lowest BCUT2D eigenvalue weighted by Gasteiger charge is -2.25. The highest BCUT2D eigenvalue weighted by atomic mass is 16.5. The zero-order chi connectivity index (χ0) is 23.8. The molecule has 0 saturated carbocycles. The van der Waals surface area contributed by atoms with Crippen LogP contribution in [-0.4, -0.2) is 74.3 Å². The van der Waals surface area contributed by atoms with E-state index in [4.69, 9.17) is 19.3 Å². The van der Waals surface area contributed by atoms with E-state index in [1.165, 1.54) is 0 Å². The molecule has 2 aliphatic heterocycles. The minimum Gasteiger partial charge on any atom is -0.493 e. The summed E-state index contributed by atoms with van der Waals surface area (Å²) in [5.74, 6) is 0.171. The first-order valence-electron chi connectivity index (χ1n) is 11.4. The summed E-state index contributed by atoms with van der Waals surface area (Å²) in [6.07, 6.45) is 2.65. The number of nitrogens with zero attached hydrogens (tertiary/aromatic N) is 2. The summed E-state index contributed by atoms with van der Waals surface area (Å²) < 4.78 is 16.0. The number of anilines is 1. The third kappa shape index (κ3) is 6.55. The topological polar surface area (TPSA) is 110 Å². The van der Waals surface area contributed by atoms with Gasteiger partial charge in [0.05, 0.1) is 52.2 Å². The number of hydrogen-bond acceptors (Lipinski definition) is 8. The van der Waals surface area contributed by atoms with Crippen molar-refractivity contribution in [1.29, 1.82) is 0 Å². The van der Waals surface area contributed by atoms with Gasteiger partial charge in [-0.05, 0) is 47.9 Å². The van der Waals surface area contributed by atoms with E-state index in [0.29, 0.717) is 37.5 Å². The number of ether oxygens (including phenoxy) is 3. The molecule has 180 valence electrons. The Hall–Kier alpha value is -3.43. The van der Waals surface area contributed by atoms with Crippen LogP contribution in [-0.2, 0) is 20.7 Å². The van der Waals surface area contributed by atoms with Crippen molar-refractivity contribution < 1.29 is 28.9 Å². The van der Waals surface area contributed by atoms with Crippen LogP contribution >= 0.6 is 0 Å². The molecule has 0 spiro atoms. The zero-order valence-electron chi connectivity index (χ0n) is 18.9. The van der Waals surface area contributed by atoms with Crippen LogP contribution in [0.5, 0.6) is 5.75 Å². The van der Waals surface area contributed by atoms with Crippen molar-refractivity contribution in [3.63, 3.8) is 0 Å². The molecule has 2 N–H and O–H groups in total. The van der Waals surface area contributed by atoms with E-state index in [1.54, 1.807) is 24.4 Å². The van der Waals surface area contributed by atoms with E-state index in [0.717, 1.165) is 30.0 Å². The molecule has 1 unspecified atom stereocenters. The summed E-state index contributed by atoms with van der Waals surface area (Å²) in [5.41, 5.74) is 3.05. The lowest BCUT2D eigenvalue weighted by molar-refractivity contribution is -0.146.